The molecule has 2 N–H and O–H groups in total. The second-order valence-corrected chi connectivity index (χ2v) is 11.3. The topological polar surface area (TPSA) is 42.5 Å². The average Bonchev–Trinajstić information content (AvgIpc) is 2.36. The van der Waals surface area contributed by atoms with Crippen LogP contribution in [0.25, 0.3) is 0 Å². The van der Waals surface area contributed by atoms with Crippen LogP contribution in [-0.2, 0) is 9.47 Å². The molecule has 2 saturated heterocycles. The lowest BCUT2D eigenvalue weighted by Gasteiger charge is -2.47. The number of piperidine rings is 2. The van der Waals surface area contributed by atoms with Crippen molar-refractivity contribution in [3.05, 3.63) is 0 Å². The molecule has 0 radical (unpaired) electrons. The maximum absolute atomic E-state index is 6.53. The molecule has 154 valence electrons. The van der Waals surface area contributed by atoms with Crippen LogP contribution >= 0.6 is 0 Å². The molecule has 1 atom stereocenters. The molecular formula is C22H44N2O2. The molecule has 0 aliphatic carbocycles. The third-order valence-electron chi connectivity index (χ3n) is 5.66. The molecule has 0 aromatic heterocycles. The average molecular weight is 369 g/mol. The summed E-state index contributed by atoms with van der Waals surface area (Å²) in [5.41, 5.74) is 0.486. The van der Waals surface area contributed by atoms with E-state index in [0.29, 0.717) is 18.8 Å². The molecule has 26 heavy (non-hydrogen) atoms. The van der Waals surface area contributed by atoms with E-state index >= 15 is 0 Å². The van der Waals surface area contributed by atoms with Crippen LogP contribution in [-0.4, -0.2) is 47.1 Å². The van der Waals surface area contributed by atoms with E-state index in [-0.39, 0.29) is 28.3 Å². The molecule has 2 aliphatic rings. The van der Waals surface area contributed by atoms with Crippen LogP contribution < -0.4 is 10.6 Å². The standard InChI is InChI=1S/C22H44N2O2/c1-10-16(26-18-13-21(6,7)24-22(8,9)14-18)15-25-17-11-19(2,3)23-20(4,5)12-17/h16-18,23-24H,10-15H2,1-9H3. The Hall–Kier alpha value is -0.160. The van der Waals surface area contributed by atoms with Gasteiger partial charge in [-0.2, -0.15) is 0 Å². The number of ether oxygens (including phenoxy) is 2. The third-order valence-corrected chi connectivity index (χ3v) is 5.66. The summed E-state index contributed by atoms with van der Waals surface area (Å²) < 4.78 is 12.9. The van der Waals surface area contributed by atoms with E-state index in [1.54, 1.807) is 0 Å². The molecule has 1 unspecified atom stereocenters. The van der Waals surface area contributed by atoms with Gasteiger partial charge in [-0.1, -0.05) is 6.92 Å². The minimum atomic E-state index is 0.120. The molecule has 2 heterocycles. The number of nitrogens with one attached hydrogen (secondary N) is 2. The van der Waals surface area contributed by atoms with Gasteiger partial charge >= 0.3 is 0 Å². The molecule has 2 rings (SSSR count). The van der Waals surface area contributed by atoms with Crippen molar-refractivity contribution in [2.75, 3.05) is 6.61 Å². The van der Waals surface area contributed by atoms with Crippen molar-refractivity contribution in [2.24, 2.45) is 0 Å². The van der Waals surface area contributed by atoms with E-state index in [1.807, 2.05) is 0 Å². The Morgan fingerprint density at radius 3 is 1.50 bits per heavy atom. The Morgan fingerprint density at radius 2 is 1.12 bits per heavy atom. The Morgan fingerprint density at radius 1 is 0.731 bits per heavy atom. The van der Waals surface area contributed by atoms with Crippen molar-refractivity contribution in [1.29, 1.82) is 0 Å². The SMILES string of the molecule is CCC(COC1CC(C)(C)NC(C)(C)C1)OC1CC(C)(C)NC(C)(C)C1. The van der Waals surface area contributed by atoms with Gasteiger partial charge in [-0.25, -0.2) is 0 Å². The lowest BCUT2D eigenvalue weighted by molar-refractivity contribution is -0.114. The van der Waals surface area contributed by atoms with Gasteiger partial charge in [-0.15, -0.1) is 0 Å². The summed E-state index contributed by atoms with van der Waals surface area (Å²) in [6.07, 6.45) is 6.02. The summed E-state index contributed by atoms with van der Waals surface area (Å²) in [4.78, 5) is 0. The van der Waals surface area contributed by atoms with Gasteiger partial charge in [-0.05, 0) is 87.5 Å². The third kappa shape index (κ3) is 6.78. The molecule has 4 heteroatoms. The van der Waals surface area contributed by atoms with E-state index < -0.39 is 0 Å². The van der Waals surface area contributed by atoms with Crippen molar-refractivity contribution in [3.8, 4) is 0 Å². The van der Waals surface area contributed by atoms with E-state index in [9.17, 15) is 0 Å². The van der Waals surface area contributed by atoms with Crippen molar-refractivity contribution in [2.45, 2.75) is 135 Å². The lowest BCUT2D eigenvalue weighted by atomic mass is 9.81. The fourth-order valence-electron chi connectivity index (χ4n) is 5.44. The Bertz CT molecular complexity index is 439. The maximum Gasteiger partial charge on any atom is 0.0809 e. The zero-order chi connectivity index (χ0) is 19.8. The fraction of sp³-hybridized carbons (Fsp3) is 1.00. The van der Waals surface area contributed by atoms with Crippen molar-refractivity contribution in [1.82, 2.24) is 10.6 Å². The van der Waals surface area contributed by atoms with Gasteiger partial charge in [-0.3, -0.25) is 0 Å². The van der Waals surface area contributed by atoms with E-state index in [4.69, 9.17) is 9.47 Å². The highest BCUT2D eigenvalue weighted by Gasteiger charge is 2.40. The van der Waals surface area contributed by atoms with Crippen LogP contribution in [0, 0.1) is 0 Å². The molecule has 4 nitrogen and oxygen atoms in total. The molecular weight excluding hydrogens is 324 g/mol. The van der Waals surface area contributed by atoms with Gasteiger partial charge in [0, 0.05) is 22.2 Å². The first kappa shape index (κ1) is 22.1. The normalized spacial score (nSPS) is 29.4. The molecule has 0 aromatic rings. The monoisotopic (exact) mass is 368 g/mol. The second kappa shape index (κ2) is 7.69. The second-order valence-electron chi connectivity index (χ2n) is 11.3. The highest BCUT2D eigenvalue weighted by atomic mass is 16.5. The van der Waals surface area contributed by atoms with E-state index in [2.05, 4.69) is 72.9 Å². The first-order valence-electron chi connectivity index (χ1n) is 10.6. The largest absolute Gasteiger partial charge is 0.375 e. The summed E-state index contributed by atoms with van der Waals surface area (Å²) in [7, 11) is 0. The van der Waals surface area contributed by atoms with Crippen LogP contribution in [0.2, 0.25) is 0 Å². The molecule has 0 spiro atoms. The zero-order valence-corrected chi connectivity index (χ0v) is 18.8. The molecule has 2 aliphatic heterocycles. The van der Waals surface area contributed by atoms with Crippen LogP contribution in [0.5, 0.6) is 0 Å². The minimum Gasteiger partial charge on any atom is -0.375 e. The van der Waals surface area contributed by atoms with Crippen molar-refractivity contribution in [3.63, 3.8) is 0 Å². The van der Waals surface area contributed by atoms with Gasteiger partial charge in [0.1, 0.15) is 0 Å². The predicted molar refractivity (Wildman–Crippen MR) is 110 cm³/mol. The molecule has 0 aromatic carbocycles. The van der Waals surface area contributed by atoms with Gasteiger partial charge < -0.3 is 20.1 Å². The molecule has 0 bridgehead atoms. The zero-order valence-electron chi connectivity index (χ0n) is 18.8. The lowest BCUT2D eigenvalue weighted by Crippen LogP contribution is -2.60. The van der Waals surface area contributed by atoms with Gasteiger partial charge in [0.15, 0.2) is 0 Å². The molecule has 0 saturated carbocycles. The van der Waals surface area contributed by atoms with Crippen molar-refractivity contribution >= 4 is 0 Å². The van der Waals surface area contributed by atoms with Gasteiger partial charge in [0.05, 0.1) is 24.9 Å². The molecule has 0 amide bonds. The van der Waals surface area contributed by atoms with Gasteiger partial charge in [0.2, 0.25) is 0 Å². The predicted octanol–water partition coefficient (Wildman–Crippen LogP) is 4.42. The van der Waals surface area contributed by atoms with E-state index in [1.165, 1.54) is 0 Å². The summed E-state index contributed by atoms with van der Waals surface area (Å²) in [5.74, 6) is 0. The summed E-state index contributed by atoms with van der Waals surface area (Å²) >= 11 is 0. The van der Waals surface area contributed by atoms with E-state index in [0.717, 1.165) is 32.1 Å². The summed E-state index contributed by atoms with van der Waals surface area (Å²) in [5, 5.41) is 7.47. The molecule has 2 fully saturated rings. The Balaban J connectivity index is 1.89. The quantitative estimate of drug-likeness (QED) is 0.728. The smallest absolute Gasteiger partial charge is 0.0809 e. The van der Waals surface area contributed by atoms with Crippen LogP contribution in [0.3, 0.4) is 0 Å². The maximum atomic E-state index is 6.53. The number of hydrogen-bond acceptors (Lipinski definition) is 4. The summed E-state index contributed by atoms with van der Waals surface area (Å²) in [6, 6.07) is 0. The van der Waals surface area contributed by atoms with Crippen LogP contribution in [0.15, 0.2) is 0 Å². The number of rotatable bonds is 6. The van der Waals surface area contributed by atoms with Gasteiger partial charge in [0.25, 0.3) is 0 Å². The first-order chi connectivity index (χ1) is 11.7. The van der Waals surface area contributed by atoms with Crippen LogP contribution in [0.4, 0.5) is 0 Å². The number of hydrogen-bond donors (Lipinski definition) is 2. The highest BCUT2D eigenvalue weighted by Crippen LogP contribution is 2.33. The Kier molecular flexibility index (Phi) is 6.55. The van der Waals surface area contributed by atoms with Crippen LogP contribution in [0.1, 0.15) is 94.4 Å². The minimum absolute atomic E-state index is 0.120. The van der Waals surface area contributed by atoms with Crippen molar-refractivity contribution < 1.29 is 9.47 Å². The fourth-order valence-corrected chi connectivity index (χ4v) is 5.44. The first-order valence-corrected chi connectivity index (χ1v) is 10.6. The summed E-state index contributed by atoms with van der Waals surface area (Å²) in [6.45, 7) is 21.1. The Labute approximate surface area is 162 Å². The highest BCUT2D eigenvalue weighted by molar-refractivity contribution is 4.99.